The first-order valence-electron chi connectivity index (χ1n) is 9.08. The van der Waals surface area contributed by atoms with Crippen molar-refractivity contribution >= 4 is 11.6 Å². The molecule has 0 spiro atoms. The number of ether oxygens (including phenoxy) is 3. The van der Waals surface area contributed by atoms with Gasteiger partial charge in [0.15, 0.2) is 16.7 Å². The van der Waals surface area contributed by atoms with E-state index in [4.69, 9.17) is 25.8 Å². The lowest BCUT2D eigenvalue weighted by Gasteiger charge is -2.36. The molecule has 0 aromatic carbocycles. The molecule has 0 radical (unpaired) electrons. The highest BCUT2D eigenvalue weighted by molar-refractivity contribution is 6.29. The molecule has 0 bridgehead atoms. The van der Waals surface area contributed by atoms with Crippen molar-refractivity contribution in [3.05, 3.63) is 41.1 Å². The summed E-state index contributed by atoms with van der Waals surface area (Å²) in [4.78, 5) is 10.8. The summed E-state index contributed by atoms with van der Waals surface area (Å²) in [5, 5.41) is -0.141. The van der Waals surface area contributed by atoms with E-state index >= 15 is 0 Å². The third-order valence-corrected chi connectivity index (χ3v) is 5.23. The molecule has 4 heterocycles. The van der Waals surface area contributed by atoms with Crippen LogP contribution in [0, 0.1) is 5.82 Å². The predicted octanol–water partition coefficient (Wildman–Crippen LogP) is 3.64. The van der Waals surface area contributed by atoms with Crippen LogP contribution in [0.5, 0.6) is 17.4 Å². The number of pyridine rings is 2. The molecule has 0 saturated carbocycles. The fourth-order valence-electron chi connectivity index (χ4n) is 3.41. The molecule has 0 N–H and O–H groups in total. The van der Waals surface area contributed by atoms with Crippen molar-refractivity contribution in [2.75, 3.05) is 26.3 Å². The van der Waals surface area contributed by atoms with Gasteiger partial charge >= 0.3 is 0 Å². The van der Waals surface area contributed by atoms with Gasteiger partial charge in [0, 0.05) is 25.2 Å². The quantitative estimate of drug-likeness (QED) is 0.739. The van der Waals surface area contributed by atoms with Crippen LogP contribution >= 0.6 is 11.6 Å². The number of piperidine rings is 1. The second-order valence-corrected chi connectivity index (χ2v) is 7.07. The van der Waals surface area contributed by atoms with Crippen molar-refractivity contribution in [2.24, 2.45) is 0 Å². The molecule has 6 nitrogen and oxygen atoms in total. The van der Waals surface area contributed by atoms with Crippen molar-refractivity contribution in [2.45, 2.75) is 31.9 Å². The van der Waals surface area contributed by atoms with Gasteiger partial charge < -0.3 is 14.2 Å². The SMILES string of the molecule is CC(c1ccc2c(n1)OCCO2)N1CCC(Oc2cnc(Cl)c(F)c2)CC1. The van der Waals surface area contributed by atoms with Gasteiger partial charge in [-0.05, 0) is 31.9 Å². The normalized spacial score (nSPS) is 18.9. The first-order valence-corrected chi connectivity index (χ1v) is 9.46. The maximum absolute atomic E-state index is 13.5. The van der Waals surface area contributed by atoms with Crippen LogP contribution in [0.2, 0.25) is 5.15 Å². The van der Waals surface area contributed by atoms with Crippen LogP contribution in [-0.2, 0) is 0 Å². The molecule has 1 fully saturated rings. The number of likely N-dealkylation sites (tertiary alicyclic amines) is 1. The van der Waals surface area contributed by atoms with Gasteiger partial charge in [-0.3, -0.25) is 4.90 Å². The highest BCUT2D eigenvalue weighted by Crippen LogP contribution is 2.32. The van der Waals surface area contributed by atoms with Gasteiger partial charge in [-0.15, -0.1) is 0 Å². The minimum Gasteiger partial charge on any atom is -0.489 e. The van der Waals surface area contributed by atoms with Crippen LogP contribution in [0.15, 0.2) is 24.4 Å². The van der Waals surface area contributed by atoms with Crippen LogP contribution in [0.25, 0.3) is 0 Å². The molecule has 1 unspecified atom stereocenters. The van der Waals surface area contributed by atoms with Crippen LogP contribution in [0.3, 0.4) is 0 Å². The van der Waals surface area contributed by atoms with Crippen molar-refractivity contribution in [1.82, 2.24) is 14.9 Å². The maximum atomic E-state index is 13.5. The van der Waals surface area contributed by atoms with E-state index in [9.17, 15) is 4.39 Å². The minimum absolute atomic E-state index is 0.0315. The Kier molecular flexibility index (Phi) is 5.31. The zero-order valence-corrected chi connectivity index (χ0v) is 15.8. The molecule has 1 atom stereocenters. The summed E-state index contributed by atoms with van der Waals surface area (Å²) in [5.74, 6) is 1.12. The fraction of sp³-hybridized carbons (Fsp3) is 0.474. The number of halogens is 2. The summed E-state index contributed by atoms with van der Waals surface area (Å²) in [6, 6.07) is 5.36. The Bertz CT molecular complexity index is 815. The van der Waals surface area contributed by atoms with Crippen LogP contribution in [0.4, 0.5) is 4.39 Å². The van der Waals surface area contributed by atoms with Crippen LogP contribution in [0.1, 0.15) is 31.5 Å². The van der Waals surface area contributed by atoms with E-state index in [1.165, 1.54) is 12.3 Å². The van der Waals surface area contributed by atoms with Crippen LogP contribution in [-0.4, -0.2) is 47.3 Å². The van der Waals surface area contributed by atoms with Crippen LogP contribution < -0.4 is 14.2 Å². The fourth-order valence-corrected chi connectivity index (χ4v) is 3.51. The number of hydrogen-bond donors (Lipinski definition) is 0. The number of nitrogens with zero attached hydrogens (tertiary/aromatic N) is 3. The third-order valence-electron chi connectivity index (χ3n) is 4.95. The molecule has 1 saturated heterocycles. The predicted molar refractivity (Wildman–Crippen MR) is 98.1 cm³/mol. The van der Waals surface area contributed by atoms with Gasteiger partial charge in [-0.1, -0.05) is 11.6 Å². The van der Waals surface area contributed by atoms with E-state index in [1.807, 2.05) is 12.1 Å². The first kappa shape index (κ1) is 18.3. The molecule has 4 rings (SSSR count). The molecule has 2 aromatic heterocycles. The Morgan fingerprint density at radius 1 is 1.26 bits per heavy atom. The van der Waals surface area contributed by atoms with E-state index in [1.54, 1.807) is 0 Å². The summed E-state index contributed by atoms with van der Waals surface area (Å²) < 4.78 is 30.5. The molecular formula is C19H21ClFN3O3. The van der Waals surface area contributed by atoms with Crippen molar-refractivity contribution < 1.29 is 18.6 Å². The topological polar surface area (TPSA) is 56.7 Å². The van der Waals surface area contributed by atoms with Gasteiger partial charge in [0.1, 0.15) is 25.1 Å². The third kappa shape index (κ3) is 4.09. The lowest BCUT2D eigenvalue weighted by Crippen LogP contribution is -2.39. The van der Waals surface area contributed by atoms with Gasteiger partial charge in [-0.25, -0.2) is 14.4 Å². The lowest BCUT2D eigenvalue weighted by atomic mass is 10.0. The monoisotopic (exact) mass is 393 g/mol. The second kappa shape index (κ2) is 7.86. The van der Waals surface area contributed by atoms with Crippen molar-refractivity contribution in [1.29, 1.82) is 0 Å². The van der Waals surface area contributed by atoms with Gasteiger partial charge in [0.05, 0.1) is 11.9 Å². The molecule has 8 heteroatoms. The number of rotatable bonds is 4. The summed E-state index contributed by atoms with van der Waals surface area (Å²) in [6.07, 6.45) is 3.18. The van der Waals surface area contributed by atoms with E-state index in [-0.39, 0.29) is 17.3 Å². The van der Waals surface area contributed by atoms with E-state index in [2.05, 4.69) is 21.8 Å². The Hall–Kier alpha value is -2.12. The smallest absolute Gasteiger partial charge is 0.257 e. The molecular weight excluding hydrogens is 373 g/mol. The zero-order valence-electron chi connectivity index (χ0n) is 15.0. The largest absolute Gasteiger partial charge is 0.489 e. The van der Waals surface area contributed by atoms with Gasteiger partial charge in [-0.2, -0.15) is 0 Å². The molecule has 0 aliphatic carbocycles. The Morgan fingerprint density at radius 3 is 2.81 bits per heavy atom. The highest BCUT2D eigenvalue weighted by Gasteiger charge is 2.26. The van der Waals surface area contributed by atoms with Gasteiger partial charge in [0.2, 0.25) is 0 Å². The molecule has 27 heavy (non-hydrogen) atoms. The van der Waals surface area contributed by atoms with E-state index in [0.29, 0.717) is 30.6 Å². The van der Waals surface area contributed by atoms with Gasteiger partial charge in [0.25, 0.3) is 5.88 Å². The molecule has 2 aromatic rings. The first-order chi connectivity index (χ1) is 13.1. The molecule has 144 valence electrons. The number of hydrogen-bond acceptors (Lipinski definition) is 6. The Labute approximate surface area is 162 Å². The van der Waals surface area contributed by atoms with Crippen molar-refractivity contribution in [3.63, 3.8) is 0 Å². The minimum atomic E-state index is -0.565. The zero-order chi connectivity index (χ0) is 18.8. The standard InChI is InChI=1S/C19H21ClFN3O3/c1-12(16-2-3-17-19(23-16)26-9-8-25-17)24-6-4-13(5-7-24)27-14-10-15(21)18(20)22-11-14/h2-3,10-13H,4-9H2,1H3. The van der Waals surface area contributed by atoms with E-state index < -0.39 is 5.82 Å². The van der Waals surface area contributed by atoms with E-state index in [0.717, 1.165) is 31.6 Å². The molecule has 2 aliphatic heterocycles. The van der Waals surface area contributed by atoms with Crippen molar-refractivity contribution in [3.8, 4) is 17.4 Å². The summed E-state index contributed by atoms with van der Waals surface area (Å²) >= 11 is 5.61. The number of aromatic nitrogens is 2. The Morgan fingerprint density at radius 2 is 2.04 bits per heavy atom. The lowest BCUT2D eigenvalue weighted by molar-refractivity contribution is 0.0776. The molecule has 2 aliphatic rings. The summed E-state index contributed by atoms with van der Waals surface area (Å²) in [5.41, 5.74) is 0.961. The number of fused-ring (bicyclic) bond motifs is 1. The molecule has 0 amide bonds. The second-order valence-electron chi connectivity index (χ2n) is 6.71. The summed E-state index contributed by atoms with van der Waals surface area (Å²) in [7, 11) is 0. The average molecular weight is 394 g/mol. The Balaban J connectivity index is 1.35. The highest BCUT2D eigenvalue weighted by atomic mass is 35.5. The average Bonchev–Trinajstić information content (AvgIpc) is 2.70. The maximum Gasteiger partial charge on any atom is 0.257 e. The summed E-state index contributed by atoms with van der Waals surface area (Å²) in [6.45, 7) is 4.96.